The van der Waals surface area contributed by atoms with Gasteiger partial charge < -0.3 is 5.11 Å². The van der Waals surface area contributed by atoms with Crippen molar-refractivity contribution in [3.05, 3.63) is 101 Å². The van der Waals surface area contributed by atoms with E-state index in [1.165, 1.54) is 4.31 Å². The number of carboxylic acids is 1. The minimum Gasteiger partial charge on any atom is -0.478 e. The predicted octanol–water partition coefficient (Wildman–Crippen LogP) is 5.38. The van der Waals surface area contributed by atoms with E-state index in [9.17, 15) is 18.0 Å². The van der Waals surface area contributed by atoms with Gasteiger partial charge in [-0.25, -0.2) is 13.2 Å². The second-order valence-electron chi connectivity index (χ2n) is 8.48. The number of ketones is 1. The van der Waals surface area contributed by atoms with E-state index >= 15 is 0 Å². The number of benzene rings is 3. The van der Waals surface area contributed by atoms with E-state index in [0.717, 1.165) is 17.5 Å². The lowest BCUT2D eigenvalue weighted by atomic mass is 10.0. The van der Waals surface area contributed by atoms with Crippen molar-refractivity contribution in [3.8, 4) is 0 Å². The van der Waals surface area contributed by atoms with Crippen molar-refractivity contribution in [2.75, 3.05) is 16.6 Å². The Hall–Kier alpha value is -3.45. The van der Waals surface area contributed by atoms with E-state index in [0.29, 0.717) is 43.5 Å². The van der Waals surface area contributed by atoms with Gasteiger partial charge in [-0.1, -0.05) is 49.4 Å². The van der Waals surface area contributed by atoms with Crippen LogP contribution in [0.15, 0.2) is 78.9 Å². The third-order valence-electron chi connectivity index (χ3n) is 5.73. The third kappa shape index (κ3) is 7.52. The highest BCUT2D eigenvalue weighted by molar-refractivity contribution is 7.92. The summed E-state index contributed by atoms with van der Waals surface area (Å²) in [5, 5.41) is 9.15. The van der Waals surface area contributed by atoms with Gasteiger partial charge in [0.25, 0.3) is 0 Å². The van der Waals surface area contributed by atoms with Crippen molar-refractivity contribution in [1.82, 2.24) is 0 Å². The summed E-state index contributed by atoms with van der Waals surface area (Å²) in [7, 11) is -3.50. The minimum atomic E-state index is -3.50. The first-order chi connectivity index (χ1) is 16.8. The summed E-state index contributed by atoms with van der Waals surface area (Å²) in [4.78, 5) is 23.8. The summed E-state index contributed by atoms with van der Waals surface area (Å²) in [5.74, 6) is -0.939. The van der Waals surface area contributed by atoms with Gasteiger partial charge in [0, 0.05) is 18.5 Å². The number of aryl methyl sites for hydroxylation is 1. The number of aromatic carboxylic acids is 1. The number of rotatable bonds is 13. The lowest BCUT2D eigenvalue weighted by molar-refractivity contribution is 0.0696. The van der Waals surface area contributed by atoms with Crippen LogP contribution in [0.5, 0.6) is 0 Å². The largest absolute Gasteiger partial charge is 0.478 e. The Morgan fingerprint density at radius 3 is 2.17 bits per heavy atom. The van der Waals surface area contributed by atoms with Crippen LogP contribution in [0.1, 0.15) is 58.0 Å². The number of anilines is 1. The molecule has 0 unspecified atom stereocenters. The Bertz CT molecular complexity index is 1240. The molecule has 0 aliphatic heterocycles. The molecule has 0 radical (unpaired) electrons. The topological polar surface area (TPSA) is 91.8 Å². The number of nitrogens with zero attached hydrogens (tertiary/aromatic N) is 1. The van der Waals surface area contributed by atoms with Gasteiger partial charge in [-0.2, -0.15) is 0 Å². The number of sulfonamides is 1. The van der Waals surface area contributed by atoms with E-state index in [1.54, 1.807) is 42.5 Å². The highest BCUT2D eigenvalue weighted by atomic mass is 32.2. The Kier molecular flexibility index (Phi) is 9.20. The maximum atomic E-state index is 13.0. The number of hydrogen-bond donors (Lipinski definition) is 1. The smallest absolute Gasteiger partial charge is 0.335 e. The van der Waals surface area contributed by atoms with Crippen LogP contribution in [0.4, 0.5) is 5.69 Å². The van der Waals surface area contributed by atoms with E-state index < -0.39 is 16.0 Å². The average molecular weight is 494 g/mol. The first-order valence-electron chi connectivity index (χ1n) is 11.8. The zero-order chi connectivity index (χ0) is 25.3. The molecule has 6 nitrogen and oxygen atoms in total. The SMILES string of the molecule is CCCS(=O)(=O)N(CCCCc1cccc(C(=O)O)c1)c1ccc(C(=O)Cc2ccccc2)cc1. The normalized spacial score (nSPS) is 11.2. The molecule has 3 aromatic carbocycles. The van der Waals surface area contributed by atoms with Gasteiger partial charge in [0.05, 0.1) is 17.0 Å². The van der Waals surface area contributed by atoms with Crippen LogP contribution < -0.4 is 4.31 Å². The van der Waals surface area contributed by atoms with Crippen molar-refractivity contribution >= 4 is 27.5 Å². The monoisotopic (exact) mass is 493 g/mol. The van der Waals surface area contributed by atoms with Crippen LogP contribution in [0, 0.1) is 0 Å². The Morgan fingerprint density at radius 2 is 1.51 bits per heavy atom. The van der Waals surface area contributed by atoms with Gasteiger partial charge >= 0.3 is 5.97 Å². The fourth-order valence-electron chi connectivity index (χ4n) is 3.94. The van der Waals surface area contributed by atoms with Crippen LogP contribution in [0.25, 0.3) is 0 Å². The standard InChI is InChI=1S/C28H31NO5S/c1-2-19-35(33,34)29(18-7-6-11-22-12-8-13-25(20-22)28(31)32)26-16-14-24(15-17-26)27(30)21-23-9-4-3-5-10-23/h3-5,8-10,12-17,20H,2,6-7,11,18-19,21H2,1H3,(H,31,32). The summed E-state index contributed by atoms with van der Waals surface area (Å²) >= 11 is 0. The van der Waals surface area contributed by atoms with E-state index in [2.05, 4.69) is 0 Å². The molecule has 3 rings (SSSR count). The van der Waals surface area contributed by atoms with Crippen LogP contribution in [-0.4, -0.2) is 37.6 Å². The molecule has 7 heteroatoms. The molecule has 1 N–H and O–H groups in total. The van der Waals surface area contributed by atoms with Crippen molar-refractivity contribution in [3.63, 3.8) is 0 Å². The van der Waals surface area contributed by atoms with Gasteiger partial charge in [0.2, 0.25) is 10.0 Å². The van der Waals surface area contributed by atoms with Gasteiger partial charge in [0.15, 0.2) is 5.78 Å². The molecule has 0 saturated heterocycles. The molecule has 0 atom stereocenters. The maximum absolute atomic E-state index is 13.0. The Morgan fingerprint density at radius 1 is 0.829 bits per heavy atom. The number of carboxylic acid groups (broad SMARTS) is 1. The molecular formula is C28H31NO5S. The van der Waals surface area contributed by atoms with Crippen molar-refractivity contribution in [1.29, 1.82) is 0 Å². The van der Waals surface area contributed by atoms with Gasteiger partial charge in [-0.3, -0.25) is 9.10 Å². The summed E-state index contributed by atoms with van der Waals surface area (Å²) in [6.45, 7) is 2.15. The number of unbranched alkanes of at least 4 members (excludes halogenated alkanes) is 1. The fraction of sp³-hybridized carbons (Fsp3) is 0.286. The first-order valence-corrected chi connectivity index (χ1v) is 13.4. The second kappa shape index (κ2) is 12.3. The van der Waals surface area contributed by atoms with Crippen LogP contribution in [0.2, 0.25) is 0 Å². The van der Waals surface area contributed by atoms with Gasteiger partial charge in [0.1, 0.15) is 0 Å². The fourth-order valence-corrected chi connectivity index (χ4v) is 5.52. The summed E-state index contributed by atoms with van der Waals surface area (Å²) in [5.41, 5.74) is 3.18. The molecule has 0 spiro atoms. The molecular weight excluding hydrogens is 462 g/mol. The summed E-state index contributed by atoms with van der Waals surface area (Å²) in [6.07, 6.45) is 2.80. The van der Waals surface area contributed by atoms with Crippen LogP contribution >= 0.6 is 0 Å². The van der Waals surface area contributed by atoms with Crippen LogP contribution in [0.3, 0.4) is 0 Å². The van der Waals surface area contributed by atoms with Crippen molar-refractivity contribution in [2.24, 2.45) is 0 Å². The molecule has 0 aliphatic rings. The lowest BCUT2D eigenvalue weighted by Gasteiger charge is -2.24. The molecule has 0 bridgehead atoms. The molecule has 0 saturated carbocycles. The van der Waals surface area contributed by atoms with Crippen LogP contribution in [-0.2, 0) is 22.9 Å². The summed E-state index contributed by atoms with van der Waals surface area (Å²) in [6, 6.07) is 23.1. The molecule has 0 amide bonds. The Labute approximate surface area is 207 Å². The van der Waals surface area contributed by atoms with E-state index in [4.69, 9.17) is 5.11 Å². The molecule has 184 valence electrons. The molecule has 3 aromatic rings. The summed E-state index contributed by atoms with van der Waals surface area (Å²) < 4.78 is 27.4. The van der Waals surface area contributed by atoms with E-state index in [-0.39, 0.29) is 17.1 Å². The number of hydrogen-bond acceptors (Lipinski definition) is 4. The third-order valence-corrected chi connectivity index (χ3v) is 7.72. The quantitative estimate of drug-likeness (QED) is 0.255. The number of carbonyl (C=O) groups is 2. The molecule has 0 fully saturated rings. The maximum Gasteiger partial charge on any atom is 0.335 e. The molecule has 35 heavy (non-hydrogen) atoms. The molecule has 0 heterocycles. The number of carbonyl (C=O) groups excluding carboxylic acids is 1. The zero-order valence-corrected chi connectivity index (χ0v) is 20.7. The second-order valence-corrected chi connectivity index (χ2v) is 10.5. The highest BCUT2D eigenvalue weighted by Crippen LogP contribution is 2.22. The number of Topliss-reactive ketones (excluding diaryl/α,β-unsaturated/α-hetero) is 1. The lowest BCUT2D eigenvalue weighted by Crippen LogP contribution is -2.34. The average Bonchev–Trinajstić information content (AvgIpc) is 2.85. The zero-order valence-electron chi connectivity index (χ0n) is 19.9. The first kappa shape index (κ1) is 26.2. The molecule has 0 aromatic heterocycles. The highest BCUT2D eigenvalue weighted by Gasteiger charge is 2.21. The minimum absolute atomic E-state index is 0.0192. The molecule has 0 aliphatic carbocycles. The van der Waals surface area contributed by atoms with Gasteiger partial charge in [-0.15, -0.1) is 0 Å². The predicted molar refractivity (Wildman–Crippen MR) is 139 cm³/mol. The van der Waals surface area contributed by atoms with Crippen molar-refractivity contribution in [2.45, 2.75) is 39.0 Å². The van der Waals surface area contributed by atoms with E-state index in [1.807, 2.05) is 43.3 Å². The van der Waals surface area contributed by atoms with Gasteiger partial charge in [-0.05, 0) is 73.2 Å². The van der Waals surface area contributed by atoms with Crippen molar-refractivity contribution < 1.29 is 23.1 Å². The Balaban J connectivity index is 1.67.